The van der Waals surface area contributed by atoms with Gasteiger partial charge in [0.15, 0.2) is 0 Å². The van der Waals surface area contributed by atoms with Gasteiger partial charge in [-0.2, -0.15) is 0 Å². The van der Waals surface area contributed by atoms with Gasteiger partial charge in [0, 0.05) is 79.2 Å². The summed E-state index contributed by atoms with van der Waals surface area (Å²) in [6, 6.07) is 135. The number of anilines is 7. The Labute approximate surface area is 680 Å². The zero-order valence-electron chi connectivity index (χ0n) is 66.6. The van der Waals surface area contributed by atoms with E-state index in [-0.39, 0.29) is 17.5 Å². The van der Waals surface area contributed by atoms with Crippen LogP contribution in [0, 0.1) is 11.8 Å². The van der Waals surface area contributed by atoms with Gasteiger partial charge >= 0.3 is 0 Å². The third-order valence-corrected chi connectivity index (χ3v) is 27.0. The summed E-state index contributed by atoms with van der Waals surface area (Å²) in [5.74, 6) is 1.49. The van der Waals surface area contributed by atoms with Crippen molar-refractivity contribution in [3.05, 3.63) is 357 Å². The number of nitrogens with zero attached hydrogens (tertiary/aromatic N) is 4. The Kier molecular flexibility index (Phi) is 15.6. The summed E-state index contributed by atoms with van der Waals surface area (Å²) in [4.78, 5) is 8.62. The molecule has 0 radical (unpaired) electrons. The lowest BCUT2D eigenvalue weighted by molar-refractivity contribution is 0.0900. The summed E-state index contributed by atoms with van der Waals surface area (Å²) < 4.78 is 2.54. The lowest BCUT2D eigenvalue weighted by Gasteiger charge is -2.58. The molecule has 4 bridgehead atoms. The second-order valence-electron chi connectivity index (χ2n) is 36.0. The number of benzene rings is 17. The Morgan fingerprint density at radius 3 is 1.12 bits per heavy atom. The van der Waals surface area contributed by atoms with Crippen LogP contribution in [0.3, 0.4) is 0 Å². The summed E-state index contributed by atoms with van der Waals surface area (Å²) in [5, 5.41) is 10.3. The van der Waals surface area contributed by atoms with Crippen molar-refractivity contribution in [3.63, 3.8) is 0 Å². The molecule has 0 amide bonds. The van der Waals surface area contributed by atoms with E-state index in [1.165, 1.54) is 181 Å². The molecule has 1 aromatic heterocycles. The maximum absolute atomic E-state index is 2.98. The van der Waals surface area contributed by atoms with Gasteiger partial charge in [-0.25, -0.2) is 0 Å². The van der Waals surface area contributed by atoms with Crippen molar-refractivity contribution >= 4 is 117 Å². The van der Waals surface area contributed by atoms with E-state index in [0.717, 1.165) is 68.0 Å². The highest BCUT2D eigenvalue weighted by Gasteiger charge is 2.50. The second kappa shape index (κ2) is 26.3. The fraction of sp³-hybridized carbons (Fsp3) is 0.153. The summed E-state index contributed by atoms with van der Waals surface area (Å²) in [6.45, 7) is 14.0. The number of rotatable bonds is 11. The van der Waals surface area contributed by atoms with Gasteiger partial charge in [0.1, 0.15) is 0 Å². The van der Waals surface area contributed by atoms with Crippen LogP contribution in [-0.2, 0) is 10.8 Å². The molecule has 4 fully saturated rings. The molecular weight excluding hydrogens is 1400 g/mol. The normalized spacial score (nSPS) is 16.8. The van der Waals surface area contributed by atoms with Gasteiger partial charge in [-0.05, 0) is 249 Å². The first-order valence-electron chi connectivity index (χ1n) is 42.1. The summed E-state index contributed by atoms with van der Waals surface area (Å²) in [6.07, 6.45) is 6.22. The van der Waals surface area contributed by atoms with Crippen LogP contribution in [0.25, 0.3) is 138 Å². The van der Waals surface area contributed by atoms with Crippen LogP contribution in [0.5, 0.6) is 0 Å². The molecule has 0 N–H and O–H groups in total. The third-order valence-electron chi connectivity index (χ3n) is 27.0. The molecule has 4 nitrogen and oxygen atoms in total. The van der Waals surface area contributed by atoms with Gasteiger partial charge in [0.2, 0.25) is 0 Å². The SMILES string of the molecule is CC(C)(C)c1cc2ccc3cc(C(C)(C)C)cc4c(-c5ccc6c(c5)N(c5c(-c7ccccc7)cc(-c7ccccc7)cc5-c5ccccc5)c5cc(N7C8CC9CC(C8)CC7C9)cc7c5B6c5ccc(-n6c8ccccc8c8ccccc86)cc5N7c5c(-c6ccccc6)cc(-c6ccccc6)cc5-c5ccccc5)cc(c1)c2c34. The zero-order chi connectivity index (χ0) is 77.4. The van der Waals surface area contributed by atoms with Crippen LogP contribution in [0.1, 0.15) is 84.8 Å². The predicted molar refractivity (Wildman–Crippen MR) is 494 cm³/mol. The highest BCUT2D eigenvalue weighted by molar-refractivity contribution is 7.00. The monoisotopic (exact) mass is 1490 g/mol. The number of fused-ring (bicyclic) bond motifs is 7. The van der Waals surface area contributed by atoms with Crippen LogP contribution in [0.2, 0.25) is 0 Å². The molecule has 5 heteroatoms. The van der Waals surface area contributed by atoms with E-state index in [4.69, 9.17) is 0 Å². The van der Waals surface area contributed by atoms with E-state index in [1.807, 2.05) is 0 Å². The Hall–Kier alpha value is -13.0. The Bertz CT molecular complexity index is 6770. The van der Waals surface area contributed by atoms with Crippen molar-refractivity contribution in [3.8, 4) is 83.6 Å². The number of piperidine rings is 2. The number of hydrogen-bond donors (Lipinski definition) is 0. The molecule has 0 atom stereocenters. The fourth-order valence-corrected chi connectivity index (χ4v) is 21.8. The minimum Gasteiger partial charge on any atom is -0.365 e. The molecule has 2 saturated heterocycles. The molecule has 18 aromatic rings. The lowest BCUT2D eigenvalue weighted by atomic mass is 9.33. The average molecular weight is 1490 g/mol. The first-order chi connectivity index (χ1) is 56.8. The lowest BCUT2D eigenvalue weighted by Crippen LogP contribution is -2.62. The van der Waals surface area contributed by atoms with Gasteiger partial charge < -0.3 is 19.3 Å². The fourth-order valence-electron chi connectivity index (χ4n) is 21.8. The van der Waals surface area contributed by atoms with E-state index < -0.39 is 0 Å². The summed E-state index contributed by atoms with van der Waals surface area (Å²) in [5.41, 5.74) is 34.5. The van der Waals surface area contributed by atoms with Crippen molar-refractivity contribution in [1.29, 1.82) is 0 Å². The number of aromatic nitrogens is 1. The van der Waals surface area contributed by atoms with E-state index in [2.05, 4.69) is 407 Å². The summed E-state index contributed by atoms with van der Waals surface area (Å²) in [7, 11) is 0. The van der Waals surface area contributed by atoms with Crippen molar-refractivity contribution in [1.82, 2.24) is 4.57 Å². The van der Waals surface area contributed by atoms with Crippen molar-refractivity contribution < 1.29 is 0 Å². The molecule has 0 unspecified atom stereocenters. The van der Waals surface area contributed by atoms with Crippen LogP contribution in [0.15, 0.2) is 346 Å². The largest absolute Gasteiger partial charge is 0.365 e. The topological polar surface area (TPSA) is 14.7 Å². The third kappa shape index (κ3) is 10.9. The van der Waals surface area contributed by atoms with Crippen LogP contribution >= 0.6 is 0 Å². The zero-order valence-corrected chi connectivity index (χ0v) is 66.6. The van der Waals surface area contributed by atoms with Gasteiger partial charge in [0.05, 0.1) is 22.4 Å². The number of hydrogen-bond acceptors (Lipinski definition) is 3. The second-order valence-corrected chi connectivity index (χ2v) is 36.0. The van der Waals surface area contributed by atoms with Gasteiger partial charge in [-0.15, -0.1) is 0 Å². The predicted octanol–water partition coefficient (Wildman–Crippen LogP) is 27.8. The molecule has 0 spiro atoms. The Morgan fingerprint density at radius 1 is 0.276 bits per heavy atom. The molecule has 116 heavy (non-hydrogen) atoms. The minimum atomic E-state index is -0.255. The van der Waals surface area contributed by atoms with Crippen LogP contribution in [0.4, 0.5) is 39.8 Å². The molecule has 5 heterocycles. The number of para-hydroxylation sites is 2. The minimum absolute atomic E-state index is 0.0778. The van der Waals surface area contributed by atoms with E-state index >= 15 is 0 Å². The van der Waals surface area contributed by atoms with Crippen LogP contribution < -0.4 is 31.1 Å². The smallest absolute Gasteiger partial charge is 0.252 e. The van der Waals surface area contributed by atoms with E-state index in [1.54, 1.807) is 0 Å². The molecule has 2 saturated carbocycles. The van der Waals surface area contributed by atoms with Gasteiger partial charge in [-0.1, -0.05) is 308 Å². The Morgan fingerprint density at radius 2 is 0.664 bits per heavy atom. The van der Waals surface area contributed by atoms with Crippen molar-refractivity contribution in [2.45, 2.75) is 96.6 Å². The summed E-state index contributed by atoms with van der Waals surface area (Å²) >= 11 is 0. The van der Waals surface area contributed by atoms with Gasteiger partial charge in [0.25, 0.3) is 6.71 Å². The van der Waals surface area contributed by atoms with E-state index in [9.17, 15) is 0 Å². The quantitative estimate of drug-likeness (QED) is 0.0947. The Balaban J connectivity index is 0.904. The molecule has 24 rings (SSSR count). The van der Waals surface area contributed by atoms with Gasteiger partial charge in [-0.3, -0.25) is 0 Å². The van der Waals surface area contributed by atoms with E-state index in [0.29, 0.717) is 12.1 Å². The highest BCUT2D eigenvalue weighted by atomic mass is 15.2. The maximum Gasteiger partial charge on any atom is 0.252 e. The highest BCUT2D eigenvalue weighted by Crippen LogP contribution is 2.59. The first kappa shape index (κ1) is 68.6. The van der Waals surface area contributed by atoms with Crippen molar-refractivity contribution in [2.24, 2.45) is 11.8 Å². The molecule has 4 aliphatic heterocycles. The molecule has 17 aromatic carbocycles. The average Bonchev–Trinajstić information content (AvgIpc) is 0.714. The van der Waals surface area contributed by atoms with Crippen LogP contribution in [-0.4, -0.2) is 23.4 Å². The molecule has 556 valence electrons. The van der Waals surface area contributed by atoms with Crippen molar-refractivity contribution in [2.75, 3.05) is 14.7 Å². The standard InChI is InChI=1S/C111H89BN4/c1-110(2,3)83-56-78-45-46-79-57-84(111(4,5)6)65-96-91(63-82(58-83)105(78)106(79)96)77-47-49-97-101(64-77)115(108-92(73-33-17-9-18-34-73)59-80(71-29-13-7-14-30-71)60-93(108)74-35-19-10-20-36-74)103-67-88(113-86-52-69-51-70(54-86)55-87(113)53-69)68-104-107(103)112(97)98-50-48-85(114-99-43-27-25-41-89(99)90-42-26-28-44-100(90)114)66-102(98)116(104)109-94(75-37-21-11-22-38-75)61-81(72-31-15-8-16-32-72)62-95(109)76-39-23-12-24-40-76/h7-50,56-70,86-87H,51-55H2,1-6H3. The maximum atomic E-state index is 2.98. The first-order valence-corrected chi connectivity index (χ1v) is 42.1. The molecule has 2 aliphatic carbocycles. The molecular formula is C111H89BN4. The molecule has 6 aliphatic rings.